The maximum absolute atomic E-state index is 5.61. The lowest BCUT2D eigenvalue weighted by molar-refractivity contribution is 0.207. The molecule has 0 aromatic rings. The van der Waals surface area contributed by atoms with E-state index in [0.717, 1.165) is 38.2 Å². The molecule has 2 aliphatic rings. The van der Waals surface area contributed by atoms with Crippen LogP contribution in [0.1, 0.15) is 26.2 Å². The third kappa shape index (κ3) is 3.45. The molecule has 0 N–H and O–H groups in total. The van der Waals surface area contributed by atoms with Gasteiger partial charge in [0.15, 0.2) is 0 Å². The highest BCUT2D eigenvalue weighted by Crippen LogP contribution is 2.16. The Labute approximate surface area is 90.6 Å². The topological polar surface area (TPSA) is 21.8 Å². The van der Waals surface area contributed by atoms with Gasteiger partial charge in [0.1, 0.15) is 5.76 Å². The fourth-order valence-electron chi connectivity index (χ4n) is 1.48. The van der Waals surface area contributed by atoms with Gasteiger partial charge in [-0.25, -0.2) is 0 Å². The number of hydrogen-bond donors (Lipinski definition) is 0. The van der Waals surface area contributed by atoms with Gasteiger partial charge >= 0.3 is 0 Å². The molecule has 0 bridgehead atoms. The van der Waals surface area contributed by atoms with Crippen molar-refractivity contribution in [3.8, 4) is 0 Å². The summed E-state index contributed by atoms with van der Waals surface area (Å²) < 4.78 is 10.7. The van der Waals surface area contributed by atoms with Crippen LogP contribution in [0.2, 0.25) is 0 Å². The van der Waals surface area contributed by atoms with Crippen LogP contribution in [0, 0.1) is 0 Å². The molecule has 0 radical (unpaired) electrons. The summed E-state index contributed by atoms with van der Waals surface area (Å²) in [4.78, 5) is 0. The standard InChI is InChI=1S/C13H16O2/c1-2-4-11-5-3-6-12(9-11)14-8-7-13-10-15-13/h6,9,13H,2,4,7-8,10H2,1H3. The first-order chi connectivity index (χ1) is 7.38. The second-order valence-electron chi connectivity index (χ2n) is 3.83. The van der Waals surface area contributed by atoms with Gasteiger partial charge in [0.05, 0.1) is 19.3 Å². The molecular weight excluding hydrogens is 188 g/mol. The Morgan fingerprint density at radius 1 is 1.60 bits per heavy atom. The van der Waals surface area contributed by atoms with Crippen LogP contribution in [-0.2, 0) is 9.47 Å². The molecule has 0 spiro atoms. The molecular formula is C13H16O2. The molecule has 1 unspecified atom stereocenters. The van der Waals surface area contributed by atoms with Gasteiger partial charge < -0.3 is 9.47 Å². The zero-order valence-corrected chi connectivity index (χ0v) is 9.08. The smallest absolute Gasteiger partial charge is 0.128 e. The molecule has 1 fully saturated rings. The van der Waals surface area contributed by atoms with Gasteiger partial charge in [-0.05, 0) is 12.5 Å². The number of rotatable bonds is 6. The summed E-state index contributed by atoms with van der Waals surface area (Å²) in [7, 11) is 0. The van der Waals surface area contributed by atoms with Gasteiger partial charge in [0, 0.05) is 18.1 Å². The molecule has 1 atom stereocenters. The van der Waals surface area contributed by atoms with Crippen LogP contribution in [-0.4, -0.2) is 19.3 Å². The lowest BCUT2D eigenvalue weighted by Gasteiger charge is -2.07. The van der Waals surface area contributed by atoms with E-state index in [9.17, 15) is 0 Å². The molecule has 1 saturated heterocycles. The number of ether oxygens (including phenoxy) is 2. The Balaban J connectivity index is 1.78. The van der Waals surface area contributed by atoms with Crippen molar-refractivity contribution in [1.29, 1.82) is 0 Å². The van der Waals surface area contributed by atoms with Gasteiger partial charge in [-0.1, -0.05) is 24.8 Å². The number of hydrogen-bond acceptors (Lipinski definition) is 2. The molecule has 1 aliphatic heterocycles. The predicted molar refractivity (Wildman–Crippen MR) is 58.4 cm³/mol. The minimum absolute atomic E-state index is 0.444. The Kier molecular flexibility index (Phi) is 3.47. The summed E-state index contributed by atoms with van der Waals surface area (Å²) in [5.74, 6) is 0.901. The first-order valence-electron chi connectivity index (χ1n) is 5.55. The van der Waals surface area contributed by atoms with Gasteiger partial charge in [0.2, 0.25) is 0 Å². The zero-order chi connectivity index (χ0) is 10.5. The lowest BCUT2D eigenvalue weighted by Crippen LogP contribution is -1.98. The van der Waals surface area contributed by atoms with Crippen molar-refractivity contribution in [2.45, 2.75) is 32.3 Å². The van der Waals surface area contributed by atoms with E-state index in [1.165, 1.54) is 5.57 Å². The molecule has 0 saturated carbocycles. The van der Waals surface area contributed by atoms with E-state index < -0.39 is 0 Å². The first kappa shape index (κ1) is 10.3. The molecule has 0 aromatic carbocycles. The van der Waals surface area contributed by atoms with Gasteiger partial charge in [0.25, 0.3) is 0 Å². The van der Waals surface area contributed by atoms with E-state index in [1.807, 2.05) is 12.2 Å². The van der Waals surface area contributed by atoms with Crippen LogP contribution in [0.3, 0.4) is 0 Å². The lowest BCUT2D eigenvalue weighted by atomic mass is 10.1. The Bertz CT molecular complexity index is 349. The molecule has 2 heteroatoms. The van der Waals surface area contributed by atoms with Crippen LogP contribution >= 0.6 is 0 Å². The van der Waals surface area contributed by atoms with Crippen molar-refractivity contribution in [2.75, 3.05) is 13.2 Å². The normalized spacial score (nSPS) is 22.3. The van der Waals surface area contributed by atoms with E-state index in [4.69, 9.17) is 9.47 Å². The van der Waals surface area contributed by atoms with Gasteiger partial charge in [-0.2, -0.15) is 0 Å². The predicted octanol–water partition coefficient (Wildman–Crippen LogP) is 2.73. The molecule has 1 heterocycles. The second-order valence-corrected chi connectivity index (χ2v) is 3.83. The van der Waals surface area contributed by atoms with Crippen molar-refractivity contribution in [3.63, 3.8) is 0 Å². The minimum Gasteiger partial charge on any atom is -0.493 e. The van der Waals surface area contributed by atoms with Crippen LogP contribution < -0.4 is 0 Å². The summed E-state index contributed by atoms with van der Waals surface area (Å²) in [6.07, 6.45) is 7.49. The highest BCUT2D eigenvalue weighted by molar-refractivity contribution is 5.30. The average Bonchev–Trinajstić information content (AvgIpc) is 3.03. The molecule has 80 valence electrons. The van der Waals surface area contributed by atoms with Crippen LogP contribution in [0.25, 0.3) is 0 Å². The number of epoxide rings is 1. The third-order valence-electron chi connectivity index (χ3n) is 2.39. The third-order valence-corrected chi connectivity index (χ3v) is 2.39. The minimum atomic E-state index is 0.444. The molecule has 2 rings (SSSR count). The zero-order valence-electron chi connectivity index (χ0n) is 9.08. The summed E-state index contributed by atoms with van der Waals surface area (Å²) in [5, 5.41) is 0. The summed E-state index contributed by atoms with van der Waals surface area (Å²) >= 11 is 0. The molecule has 2 nitrogen and oxygen atoms in total. The highest BCUT2D eigenvalue weighted by Gasteiger charge is 2.21. The van der Waals surface area contributed by atoms with Crippen molar-refractivity contribution in [3.05, 3.63) is 34.9 Å². The van der Waals surface area contributed by atoms with E-state index >= 15 is 0 Å². The van der Waals surface area contributed by atoms with Crippen LogP contribution in [0.5, 0.6) is 0 Å². The van der Waals surface area contributed by atoms with Crippen molar-refractivity contribution >= 4 is 0 Å². The maximum Gasteiger partial charge on any atom is 0.128 e. The summed E-state index contributed by atoms with van der Waals surface area (Å²) in [6.45, 7) is 3.79. The Morgan fingerprint density at radius 2 is 2.47 bits per heavy atom. The maximum atomic E-state index is 5.61. The Morgan fingerprint density at radius 3 is 3.20 bits per heavy atom. The molecule has 0 aromatic heterocycles. The van der Waals surface area contributed by atoms with E-state index in [1.54, 1.807) is 0 Å². The fraction of sp³-hybridized carbons (Fsp3) is 0.538. The monoisotopic (exact) mass is 204 g/mol. The fourth-order valence-corrected chi connectivity index (χ4v) is 1.48. The number of allylic oxidation sites excluding steroid dienone is 3. The van der Waals surface area contributed by atoms with Gasteiger partial charge in [-0.15, -0.1) is 0 Å². The van der Waals surface area contributed by atoms with E-state index in [-0.39, 0.29) is 0 Å². The summed E-state index contributed by atoms with van der Waals surface area (Å²) in [6, 6.07) is 0. The molecule has 0 amide bonds. The largest absolute Gasteiger partial charge is 0.493 e. The average molecular weight is 204 g/mol. The van der Waals surface area contributed by atoms with Gasteiger partial charge in [-0.3, -0.25) is 0 Å². The van der Waals surface area contributed by atoms with Crippen LogP contribution in [0.4, 0.5) is 0 Å². The second kappa shape index (κ2) is 5.04. The quantitative estimate of drug-likeness (QED) is 0.490. The highest BCUT2D eigenvalue weighted by atomic mass is 16.6. The van der Waals surface area contributed by atoms with Crippen LogP contribution in [0.15, 0.2) is 34.9 Å². The summed E-state index contributed by atoms with van der Waals surface area (Å²) in [5.41, 5.74) is 7.26. The van der Waals surface area contributed by atoms with Crippen molar-refractivity contribution < 1.29 is 9.47 Å². The van der Waals surface area contributed by atoms with Crippen molar-refractivity contribution in [1.82, 2.24) is 0 Å². The first-order valence-corrected chi connectivity index (χ1v) is 5.55. The molecule has 15 heavy (non-hydrogen) atoms. The van der Waals surface area contributed by atoms with Crippen molar-refractivity contribution in [2.24, 2.45) is 0 Å². The molecule has 1 aliphatic carbocycles. The SMILES string of the molecule is CCCC1=C=C=CC(OCCC2CO2)=C1. The van der Waals surface area contributed by atoms with E-state index in [2.05, 4.69) is 18.4 Å². The van der Waals surface area contributed by atoms with E-state index in [0.29, 0.717) is 6.10 Å². The Hall–Kier alpha value is -1.20.